The maximum absolute atomic E-state index is 13.4. The van der Waals surface area contributed by atoms with Gasteiger partial charge in [0.05, 0.1) is 16.7 Å². The molecule has 152 valence electrons. The molecule has 1 amide bonds. The highest BCUT2D eigenvalue weighted by Gasteiger charge is 2.42. The van der Waals surface area contributed by atoms with E-state index >= 15 is 0 Å². The van der Waals surface area contributed by atoms with Crippen molar-refractivity contribution < 1.29 is 9.72 Å². The van der Waals surface area contributed by atoms with Crippen LogP contribution in [0.4, 0.5) is 5.69 Å². The van der Waals surface area contributed by atoms with Crippen LogP contribution >= 0.6 is 0 Å². The van der Waals surface area contributed by atoms with Gasteiger partial charge >= 0.3 is 0 Å². The number of pyridine rings is 1. The summed E-state index contributed by atoms with van der Waals surface area (Å²) in [6, 6.07) is 19.2. The number of aromatic nitrogens is 3. The molecule has 1 N–H and O–H groups in total. The molecule has 8 nitrogen and oxygen atoms in total. The highest BCUT2D eigenvalue weighted by Crippen LogP contribution is 2.43. The molecule has 3 heterocycles. The van der Waals surface area contributed by atoms with Crippen molar-refractivity contribution in [2.45, 2.75) is 12.6 Å². The monoisotopic (exact) mass is 411 g/mol. The van der Waals surface area contributed by atoms with E-state index in [1.807, 2.05) is 42.5 Å². The molecule has 4 aromatic rings. The lowest BCUT2D eigenvalue weighted by atomic mass is 9.95. The van der Waals surface area contributed by atoms with Crippen molar-refractivity contribution >= 4 is 11.6 Å². The van der Waals surface area contributed by atoms with Crippen LogP contribution in [0.15, 0.2) is 79.1 Å². The molecular formula is C23H17N5O3. The van der Waals surface area contributed by atoms with E-state index in [1.165, 1.54) is 12.1 Å². The van der Waals surface area contributed by atoms with E-state index in [4.69, 9.17) is 0 Å². The van der Waals surface area contributed by atoms with E-state index in [1.54, 1.807) is 29.4 Å². The smallest absolute Gasteiger partial charge is 0.273 e. The molecule has 8 heteroatoms. The molecule has 0 spiro atoms. The van der Waals surface area contributed by atoms with Crippen LogP contribution in [0.25, 0.3) is 11.3 Å². The zero-order valence-corrected chi connectivity index (χ0v) is 16.3. The topological polar surface area (TPSA) is 105 Å². The number of benzene rings is 2. The molecule has 2 aromatic carbocycles. The van der Waals surface area contributed by atoms with Gasteiger partial charge in [-0.05, 0) is 23.3 Å². The predicted molar refractivity (Wildman–Crippen MR) is 113 cm³/mol. The third kappa shape index (κ3) is 3.24. The summed E-state index contributed by atoms with van der Waals surface area (Å²) in [6.45, 7) is 0.339. The number of aromatic amines is 1. The fourth-order valence-electron chi connectivity index (χ4n) is 4.02. The Balaban J connectivity index is 1.67. The molecule has 2 aromatic heterocycles. The van der Waals surface area contributed by atoms with E-state index in [-0.39, 0.29) is 11.6 Å². The summed E-state index contributed by atoms with van der Waals surface area (Å²) in [6.07, 6.45) is 3.35. The molecule has 31 heavy (non-hydrogen) atoms. The quantitative estimate of drug-likeness (QED) is 0.393. The minimum absolute atomic E-state index is 0.0213. The molecule has 0 bridgehead atoms. The Hall–Kier alpha value is -4.33. The number of amides is 1. The van der Waals surface area contributed by atoms with Gasteiger partial charge in [0.2, 0.25) is 0 Å². The van der Waals surface area contributed by atoms with Crippen LogP contribution in [0.3, 0.4) is 0 Å². The van der Waals surface area contributed by atoms with Gasteiger partial charge in [0.15, 0.2) is 0 Å². The number of carbonyl (C=O) groups excluding carboxylic acids is 1. The van der Waals surface area contributed by atoms with Crippen molar-refractivity contribution in [3.8, 4) is 11.3 Å². The summed E-state index contributed by atoms with van der Waals surface area (Å²) < 4.78 is 0. The minimum atomic E-state index is -0.510. The summed E-state index contributed by atoms with van der Waals surface area (Å²) in [7, 11) is 0. The number of hydrogen-bond donors (Lipinski definition) is 1. The molecule has 1 aliphatic rings. The molecule has 1 unspecified atom stereocenters. The molecule has 1 aliphatic heterocycles. The minimum Gasteiger partial charge on any atom is -0.322 e. The number of nitrogens with zero attached hydrogens (tertiary/aromatic N) is 4. The lowest BCUT2D eigenvalue weighted by Gasteiger charge is -2.26. The molecule has 0 fully saturated rings. The van der Waals surface area contributed by atoms with Gasteiger partial charge in [-0.1, -0.05) is 42.5 Å². The van der Waals surface area contributed by atoms with E-state index in [0.29, 0.717) is 23.5 Å². The van der Waals surface area contributed by atoms with Gasteiger partial charge in [-0.2, -0.15) is 5.10 Å². The van der Waals surface area contributed by atoms with Crippen LogP contribution in [0.5, 0.6) is 0 Å². The molecule has 0 saturated heterocycles. The Morgan fingerprint density at radius 2 is 1.81 bits per heavy atom. The summed E-state index contributed by atoms with van der Waals surface area (Å²) in [5.41, 5.74) is 4.22. The molecule has 0 saturated carbocycles. The number of nitro benzene ring substituents is 1. The third-order valence-corrected chi connectivity index (χ3v) is 5.41. The van der Waals surface area contributed by atoms with Gasteiger partial charge in [-0.3, -0.25) is 25.0 Å². The first-order valence-corrected chi connectivity index (χ1v) is 9.71. The summed E-state index contributed by atoms with van der Waals surface area (Å²) in [5, 5.41) is 18.7. The second-order valence-electron chi connectivity index (χ2n) is 7.27. The highest BCUT2D eigenvalue weighted by atomic mass is 16.6. The van der Waals surface area contributed by atoms with E-state index in [0.717, 1.165) is 16.7 Å². The highest BCUT2D eigenvalue weighted by molar-refractivity contribution is 6.00. The first kappa shape index (κ1) is 18.7. The van der Waals surface area contributed by atoms with Gasteiger partial charge < -0.3 is 4.90 Å². The van der Waals surface area contributed by atoms with Crippen LogP contribution in [0.2, 0.25) is 0 Å². The summed E-state index contributed by atoms with van der Waals surface area (Å²) >= 11 is 0. The number of non-ortho nitro benzene ring substituents is 1. The summed E-state index contributed by atoms with van der Waals surface area (Å²) in [4.78, 5) is 30.1. The normalized spacial score (nSPS) is 15.2. The molecule has 0 radical (unpaired) electrons. The van der Waals surface area contributed by atoms with E-state index in [9.17, 15) is 14.9 Å². The zero-order chi connectivity index (χ0) is 21.4. The average Bonchev–Trinajstić information content (AvgIpc) is 3.34. The second-order valence-corrected chi connectivity index (χ2v) is 7.27. The molecule has 0 aliphatic carbocycles. The second kappa shape index (κ2) is 7.49. The number of fused-ring (bicyclic) bond motifs is 1. The number of nitrogens with one attached hydrogen (secondary N) is 1. The first-order valence-electron chi connectivity index (χ1n) is 9.71. The number of carbonyl (C=O) groups is 1. The molecule has 5 rings (SSSR count). The van der Waals surface area contributed by atoms with Crippen LogP contribution in [0, 0.1) is 10.1 Å². The fraction of sp³-hybridized carbons (Fsp3) is 0.0870. The van der Waals surface area contributed by atoms with E-state index < -0.39 is 11.0 Å². The Kier molecular flexibility index (Phi) is 4.51. The van der Waals surface area contributed by atoms with Crippen molar-refractivity contribution in [3.05, 3.63) is 112 Å². The van der Waals surface area contributed by atoms with Crippen molar-refractivity contribution in [1.29, 1.82) is 0 Å². The van der Waals surface area contributed by atoms with Crippen molar-refractivity contribution in [1.82, 2.24) is 20.1 Å². The Labute approximate surface area is 177 Å². The van der Waals surface area contributed by atoms with Crippen molar-refractivity contribution in [3.63, 3.8) is 0 Å². The van der Waals surface area contributed by atoms with Gasteiger partial charge in [0, 0.05) is 42.2 Å². The summed E-state index contributed by atoms with van der Waals surface area (Å²) in [5.74, 6) is -0.196. The van der Waals surface area contributed by atoms with Gasteiger partial charge in [0.1, 0.15) is 5.69 Å². The standard InChI is InChI=1S/C23H17N5O3/c29-23-21-19(20(25-26-21)16-5-2-1-3-6-16)22(17-7-4-8-18(13-17)28(30)31)27(23)14-15-9-11-24-12-10-15/h1-13,22H,14H2,(H,25,26). The molecule has 1 atom stereocenters. The fourth-order valence-corrected chi connectivity index (χ4v) is 4.02. The molecular weight excluding hydrogens is 394 g/mol. The lowest BCUT2D eigenvalue weighted by molar-refractivity contribution is -0.384. The third-order valence-electron chi connectivity index (χ3n) is 5.41. The largest absolute Gasteiger partial charge is 0.322 e. The van der Waals surface area contributed by atoms with Gasteiger partial charge in [-0.25, -0.2) is 0 Å². The Morgan fingerprint density at radius 1 is 1.03 bits per heavy atom. The number of H-pyrrole nitrogens is 1. The maximum atomic E-state index is 13.4. The number of rotatable bonds is 5. The van der Waals surface area contributed by atoms with Crippen LogP contribution in [-0.4, -0.2) is 30.9 Å². The maximum Gasteiger partial charge on any atom is 0.273 e. The van der Waals surface area contributed by atoms with Gasteiger partial charge in [-0.15, -0.1) is 0 Å². The zero-order valence-electron chi connectivity index (χ0n) is 16.3. The average molecular weight is 411 g/mol. The number of nitro groups is 1. The van der Waals surface area contributed by atoms with Gasteiger partial charge in [0.25, 0.3) is 11.6 Å². The predicted octanol–water partition coefficient (Wildman–Crippen LogP) is 4.13. The van der Waals surface area contributed by atoms with E-state index in [2.05, 4.69) is 15.2 Å². The first-order chi connectivity index (χ1) is 15.1. The van der Waals surface area contributed by atoms with Crippen LogP contribution in [0.1, 0.15) is 33.2 Å². The van der Waals surface area contributed by atoms with Crippen LogP contribution < -0.4 is 0 Å². The Morgan fingerprint density at radius 3 is 2.55 bits per heavy atom. The number of hydrogen-bond acceptors (Lipinski definition) is 5. The van der Waals surface area contributed by atoms with Crippen molar-refractivity contribution in [2.75, 3.05) is 0 Å². The van der Waals surface area contributed by atoms with Crippen molar-refractivity contribution in [2.24, 2.45) is 0 Å². The lowest BCUT2D eigenvalue weighted by Crippen LogP contribution is -2.29. The van der Waals surface area contributed by atoms with Crippen LogP contribution in [-0.2, 0) is 6.54 Å². The SMILES string of the molecule is O=C1c2[nH]nc(-c3ccccc3)c2C(c2cccc([N+](=O)[O-])c2)N1Cc1ccncc1. The Bertz CT molecular complexity index is 1270.